The Bertz CT molecular complexity index is 1420. The number of hydrogen-bond donors (Lipinski definition) is 2. The van der Waals surface area contributed by atoms with Gasteiger partial charge in [0, 0.05) is 17.5 Å². The van der Waals surface area contributed by atoms with Gasteiger partial charge in [0.25, 0.3) is 5.91 Å². The first kappa shape index (κ1) is 22.1. The summed E-state index contributed by atoms with van der Waals surface area (Å²) in [7, 11) is 0. The van der Waals surface area contributed by atoms with Crippen molar-refractivity contribution in [1.82, 2.24) is 19.7 Å². The number of fused-ring (bicyclic) bond motifs is 1. The smallest absolute Gasteiger partial charge is 0.257 e. The molecular weight excluding hydrogens is 478 g/mol. The van der Waals surface area contributed by atoms with Gasteiger partial charge in [0.2, 0.25) is 5.95 Å². The van der Waals surface area contributed by atoms with E-state index in [1.54, 1.807) is 66.3 Å². The lowest BCUT2D eigenvalue weighted by atomic mass is 9.95. The van der Waals surface area contributed by atoms with Crippen LogP contribution in [0.1, 0.15) is 18.5 Å². The molecule has 1 aliphatic rings. The number of amides is 1. The van der Waals surface area contributed by atoms with Gasteiger partial charge in [-0.2, -0.15) is 4.98 Å². The summed E-state index contributed by atoms with van der Waals surface area (Å²) in [6.07, 6.45) is 1.59. The quantitative estimate of drug-likeness (QED) is 0.379. The largest absolute Gasteiger partial charge is 0.328 e. The molecule has 1 aliphatic heterocycles. The molecule has 1 amide bonds. The van der Waals surface area contributed by atoms with E-state index in [0.717, 1.165) is 0 Å². The van der Waals surface area contributed by atoms with Gasteiger partial charge in [-0.15, -0.1) is 5.10 Å². The highest BCUT2D eigenvalue weighted by molar-refractivity contribution is 6.42. The van der Waals surface area contributed by atoms with Crippen LogP contribution in [-0.2, 0) is 4.79 Å². The van der Waals surface area contributed by atoms with Crippen molar-refractivity contribution in [3.8, 4) is 11.4 Å². The first-order chi connectivity index (χ1) is 16.4. The number of halogens is 3. The van der Waals surface area contributed by atoms with Gasteiger partial charge in [0.05, 0.1) is 15.6 Å². The molecule has 2 aromatic heterocycles. The topological polar surface area (TPSA) is 84.7 Å². The summed E-state index contributed by atoms with van der Waals surface area (Å²) in [5, 5.41) is 11.4. The zero-order valence-corrected chi connectivity index (χ0v) is 19.3. The van der Waals surface area contributed by atoms with Crippen LogP contribution in [0.2, 0.25) is 10.0 Å². The summed E-state index contributed by atoms with van der Waals surface area (Å²) < 4.78 is 15.0. The van der Waals surface area contributed by atoms with Crippen LogP contribution in [0.15, 0.2) is 78.1 Å². The predicted molar refractivity (Wildman–Crippen MR) is 129 cm³/mol. The molecule has 0 spiro atoms. The molecule has 2 aromatic carbocycles. The fourth-order valence-corrected chi connectivity index (χ4v) is 4.08. The zero-order valence-electron chi connectivity index (χ0n) is 17.8. The molecule has 4 aromatic rings. The highest BCUT2D eigenvalue weighted by atomic mass is 35.5. The summed E-state index contributed by atoms with van der Waals surface area (Å²) >= 11 is 12.5. The number of pyridine rings is 1. The molecule has 0 aliphatic carbocycles. The van der Waals surface area contributed by atoms with Crippen molar-refractivity contribution in [3.05, 3.63) is 99.6 Å². The Labute approximate surface area is 204 Å². The third kappa shape index (κ3) is 4.13. The minimum Gasteiger partial charge on any atom is -0.328 e. The minimum absolute atomic E-state index is 0.347. The minimum atomic E-state index is -0.656. The van der Waals surface area contributed by atoms with Crippen LogP contribution in [0.5, 0.6) is 0 Å². The lowest BCUT2D eigenvalue weighted by Crippen LogP contribution is -2.31. The molecule has 170 valence electrons. The summed E-state index contributed by atoms with van der Waals surface area (Å²) in [4.78, 5) is 22.2. The van der Waals surface area contributed by atoms with Gasteiger partial charge in [0.15, 0.2) is 5.82 Å². The third-order valence-corrected chi connectivity index (χ3v) is 6.10. The highest BCUT2D eigenvalue weighted by Gasteiger charge is 2.35. The molecule has 0 saturated heterocycles. The summed E-state index contributed by atoms with van der Waals surface area (Å²) in [5.74, 6) is 0.515. The summed E-state index contributed by atoms with van der Waals surface area (Å²) in [5.41, 5.74) is 2.33. The van der Waals surface area contributed by atoms with Crippen LogP contribution in [0.4, 0.5) is 16.2 Å². The molecule has 0 bridgehead atoms. The van der Waals surface area contributed by atoms with Gasteiger partial charge >= 0.3 is 0 Å². The van der Waals surface area contributed by atoms with Crippen LogP contribution < -0.4 is 10.6 Å². The first-order valence-electron chi connectivity index (χ1n) is 10.3. The van der Waals surface area contributed by atoms with Gasteiger partial charge in [-0.25, -0.2) is 14.1 Å². The molecule has 2 N–H and O–H groups in total. The van der Waals surface area contributed by atoms with Crippen molar-refractivity contribution < 1.29 is 9.18 Å². The molecule has 3 heterocycles. The van der Waals surface area contributed by atoms with Gasteiger partial charge in [-0.3, -0.25) is 4.79 Å². The Morgan fingerprint density at radius 1 is 1.09 bits per heavy atom. The molecule has 34 heavy (non-hydrogen) atoms. The monoisotopic (exact) mass is 494 g/mol. The average Bonchev–Trinajstić information content (AvgIpc) is 3.24. The standard InChI is InChI=1S/C24H17Cl2FN6O/c1-13-20(23(34)30-19-4-2-3-11-28-19)21(15-7-10-17(25)18(26)12-15)33-24(29-13)31-22(32-33)14-5-8-16(27)9-6-14/h2-12,21H,1H3,(H,28,30,34)(H,29,31,32). The number of rotatable bonds is 4. The maximum Gasteiger partial charge on any atom is 0.257 e. The number of benzene rings is 2. The van der Waals surface area contributed by atoms with Crippen molar-refractivity contribution in [2.45, 2.75) is 13.0 Å². The number of carbonyl (C=O) groups excluding carboxylic acids is 1. The summed E-state index contributed by atoms with van der Waals surface area (Å²) in [6.45, 7) is 1.79. The van der Waals surface area contributed by atoms with Crippen LogP contribution in [0.25, 0.3) is 11.4 Å². The van der Waals surface area contributed by atoms with E-state index >= 15 is 0 Å². The Balaban J connectivity index is 1.62. The van der Waals surface area contributed by atoms with Crippen LogP contribution in [0.3, 0.4) is 0 Å². The molecule has 1 unspecified atom stereocenters. The Hall–Kier alpha value is -3.75. The Morgan fingerprint density at radius 2 is 1.88 bits per heavy atom. The number of nitrogens with zero attached hydrogens (tertiary/aromatic N) is 4. The van der Waals surface area contributed by atoms with E-state index in [0.29, 0.717) is 50.0 Å². The van der Waals surface area contributed by atoms with Crippen molar-refractivity contribution in [2.75, 3.05) is 10.6 Å². The Morgan fingerprint density at radius 3 is 2.59 bits per heavy atom. The highest BCUT2D eigenvalue weighted by Crippen LogP contribution is 2.38. The predicted octanol–water partition coefficient (Wildman–Crippen LogP) is 5.71. The molecule has 10 heteroatoms. The number of aromatic nitrogens is 4. The number of anilines is 2. The average molecular weight is 495 g/mol. The van der Waals surface area contributed by atoms with E-state index in [4.69, 9.17) is 23.2 Å². The van der Waals surface area contributed by atoms with Crippen molar-refractivity contribution in [2.24, 2.45) is 0 Å². The van der Waals surface area contributed by atoms with Crippen molar-refractivity contribution >= 4 is 40.9 Å². The lowest BCUT2D eigenvalue weighted by molar-refractivity contribution is -0.113. The number of allylic oxidation sites excluding steroid dienone is 1. The fraction of sp³-hybridized carbons (Fsp3) is 0.0833. The number of hydrogen-bond acceptors (Lipinski definition) is 5. The second kappa shape index (κ2) is 8.89. The van der Waals surface area contributed by atoms with Gasteiger partial charge in [0.1, 0.15) is 17.7 Å². The molecular formula is C24H17Cl2FN6O. The lowest BCUT2D eigenvalue weighted by Gasteiger charge is -2.28. The molecule has 5 rings (SSSR count). The molecule has 7 nitrogen and oxygen atoms in total. The van der Waals surface area contributed by atoms with Crippen molar-refractivity contribution in [1.29, 1.82) is 0 Å². The van der Waals surface area contributed by atoms with Gasteiger partial charge in [-0.05, 0) is 61.0 Å². The summed E-state index contributed by atoms with van der Waals surface area (Å²) in [6, 6.07) is 15.6. The first-order valence-corrected chi connectivity index (χ1v) is 11.0. The SMILES string of the molecule is CC1=C(C(=O)Nc2ccccn2)C(c2ccc(Cl)c(Cl)c2)n2nc(-c3ccc(F)cc3)nc2N1. The van der Waals surface area contributed by atoms with Crippen LogP contribution in [0, 0.1) is 5.82 Å². The van der Waals surface area contributed by atoms with E-state index in [1.807, 2.05) is 0 Å². The van der Waals surface area contributed by atoms with Crippen molar-refractivity contribution in [3.63, 3.8) is 0 Å². The van der Waals surface area contributed by atoms with E-state index in [2.05, 4.69) is 25.7 Å². The maximum atomic E-state index is 13.4. The van der Waals surface area contributed by atoms with E-state index in [1.165, 1.54) is 12.1 Å². The number of nitrogens with one attached hydrogen (secondary N) is 2. The maximum absolute atomic E-state index is 13.4. The van der Waals surface area contributed by atoms with Gasteiger partial charge in [-0.1, -0.05) is 35.3 Å². The van der Waals surface area contributed by atoms with Crippen LogP contribution >= 0.6 is 23.2 Å². The van der Waals surface area contributed by atoms with E-state index < -0.39 is 6.04 Å². The second-order valence-electron chi connectivity index (χ2n) is 7.62. The van der Waals surface area contributed by atoms with E-state index in [9.17, 15) is 9.18 Å². The van der Waals surface area contributed by atoms with E-state index in [-0.39, 0.29) is 11.7 Å². The molecule has 0 fully saturated rings. The zero-order chi connectivity index (χ0) is 23.8. The van der Waals surface area contributed by atoms with Crippen LogP contribution in [-0.4, -0.2) is 25.7 Å². The fourth-order valence-electron chi connectivity index (χ4n) is 3.78. The number of carbonyl (C=O) groups is 1. The molecule has 0 radical (unpaired) electrons. The Kier molecular flexibility index (Phi) is 5.77. The molecule has 0 saturated carbocycles. The normalized spacial score (nSPS) is 15.0. The second-order valence-corrected chi connectivity index (χ2v) is 8.43. The van der Waals surface area contributed by atoms with Gasteiger partial charge < -0.3 is 10.6 Å². The third-order valence-electron chi connectivity index (χ3n) is 5.37. The molecule has 1 atom stereocenters.